The molecule has 0 atom stereocenters. The number of rotatable bonds is 2. The third kappa shape index (κ3) is 2.01. The van der Waals surface area contributed by atoms with E-state index in [0.29, 0.717) is 10.6 Å². The summed E-state index contributed by atoms with van der Waals surface area (Å²) in [5.41, 5.74) is 7.19. The first-order chi connectivity index (χ1) is 7.68. The van der Waals surface area contributed by atoms with Crippen LogP contribution in [0.1, 0.15) is 10.4 Å². The minimum atomic E-state index is -0.547. The topological polar surface area (TPSA) is 68.9 Å². The van der Waals surface area contributed by atoms with Crippen molar-refractivity contribution in [1.82, 2.24) is 10.2 Å². The number of hydrogen-bond acceptors (Lipinski definition) is 3. The Bertz CT molecular complexity index is 528. The molecule has 0 unspecified atom stereocenters. The predicted octanol–water partition coefficient (Wildman–Crippen LogP) is 1.90. The van der Waals surface area contributed by atoms with E-state index in [4.69, 9.17) is 17.3 Å². The van der Waals surface area contributed by atoms with Gasteiger partial charge < -0.3 is 5.73 Å². The van der Waals surface area contributed by atoms with E-state index in [-0.39, 0.29) is 0 Å². The molecular formula is C11H8ClN3O. The maximum atomic E-state index is 11.1. The second-order valence-corrected chi connectivity index (χ2v) is 3.60. The predicted molar refractivity (Wildman–Crippen MR) is 61.0 cm³/mol. The van der Waals surface area contributed by atoms with Crippen molar-refractivity contribution in [2.75, 3.05) is 0 Å². The first-order valence-corrected chi connectivity index (χ1v) is 4.92. The van der Waals surface area contributed by atoms with E-state index in [1.54, 1.807) is 36.7 Å². The van der Waals surface area contributed by atoms with Crippen molar-refractivity contribution in [3.63, 3.8) is 0 Å². The number of nitrogens with two attached hydrogens (primary N) is 1. The van der Waals surface area contributed by atoms with Crippen LogP contribution in [-0.2, 0) is 0 Å². The van der Waals surface area contributed by atoms with Crippen LogP contribution < -0.4 is 5.73 Å². The Labute approximate surface area is 97.1 Å². The summed E-state index contributed by atoms with van der Waals surface area (Å²) in [5, 5.41) is 7.78. The first kappa shape index (κ1) is 10.6. The molecule has 0 aliphatic rings. The van der Waals surface area contributed by atoms with E-state index in [1.165, 1.54) is 0 Å². The second-order valence-electron chi connectivity index (χ2n) is 3.19. The third-order valence-electron chi connectivity index (χ3n) is 2.15. The average Bonchev–Trinajstić information content (AvgIpc) is 2.30. The van der Waals surface area contributed by atoms with Gasteiger partial charge in [0.15, 0.2) is 0 Å². The summed E-state index contributed by atoms with van der Waals surface area (Å²) in [7, 11) is 0. The van der Waals surface area contributed by atoms with Crippen LogP contribution in [-0.4, -0.2) is 16.1 Å². The van der Waals surface area contributed by atoms with Crippen LogP contribution in [0.2, 0.25) is 5.02 Å². The smallest absolute Gasteiger partial charge is 0.250 e. The molecule has 0 saturated carbocycles. The van der Waals surface area contributed by atoms with Gasteiger partial charge in [-0.1, -0.05) is 17.7 Å². The lowest BCUT2D eigenvalue weighted by Gasteiger charge is -2.04. The molecule has 0 spiro atoms. The fourth-order valence-electron chi connectivity index (χ4n) is 1.36. The maximum Gasteiger partial charge on any atom is 0.250 e. The highest BCUT2D eigenvalue weighted by molar-refractivity contribution is 6.33. The van der Waals surface area contributed by atoms with Gasteiger partial charge in [0.05, 0.1) is 23.0 Å². The molecule has 1 aromatic carbocycles. The summed E-state index contributed by atoms with van der Waals surface area (Å²) in [6.45, 7) is 0. The number of hydrogen-bond donors (Lipinski definition) is 1. The van der Waals surface area contributed by atoms with Crippen LogP contribution in [0.3, 0.4) is 0 Å². The average molecular weight is 234 g/mol. The highest BCUT2D eigenvalue weighted by Crippen LogP contribution is 2.24. The third-order valence-corrected chi connectivity index (χ3v) is 2.48. The molecule has 16 heavy (non-hydrogen) atoms. The monoisotopic (exact) mass is 233 g/mol. The molecule has 2 N–H and O–H groups in total. The van der Waals surface area contributed by atoms with Crippen LogP contribution in [0, 0.1) is 0 Å². The van der Waals surface area contributed by atoms with Gasteiger partial charge in [-0.05, 0) is 23.8 Å². The molecule has 2 aromatic rings. The fraction of sp³-hybridized carbons (Fsp3) is 0. The van der Waals surface area contributed by atoms with Crippen LogP contribution >= 0.6 is 11.6 Å². The van der Waals surface area contributed by atoms with E-state index < -0.39 is 5.91 Å². The molecule has 1 aromatic heterocycles. The fourth-order valence-corrected chi connectivity index (χ4v) is 1.57. The quantitative estimate of drug-likeness (QED) is 0.861. The standard InChI is InChI=1S/C11H8ClN3O/c12-10-2-1-7(5-9(10)11(13)16)8-3-4-14-15-6-8/h1-6H,(H2,13,16). The SMILES string of the molecule is NC(=O)c1cc(-c2ccnnc2)ccc1Cl. The van der Waals surface area contributed by atoms with Crippen LogP contribution in [0.15, 0.2) is 36.7 Å². The van der Waals surface area contributed by atoms with Gasteiger partial charge in [0, 0.05) is 5.56 Å². The van der Waals surface area contributed by atoms with Gasteiger partial charge >= 0.3 is 0 Å². The zero-order valence-corrected chi connectivity index (χ0v) is 8.98. The van der Waals surface area contributed by atoms with Crippen molar-refractivity contribution in [3.05, 3.63) is 47.2 Å². The number of carbonyl (C=O) groups is 1. The Kier molecular flexibility index (Phi) is 2.83. The molecule has 0 saturated heterocycles. The Morgan fingerprint density at radius 1 is 1.19 bits per heavy atom. The summed E-state index contributed by atoms with van der Waals surface area (Å²) in [4.78, 5) is 11.1. The van der Waals surface area contributed by atoms with Crippen LogP contribution in [0.25, 0.3) is 11.1 Å². The van der Waals surface area contributed by atoms with E-state index in [0.717, 1.165) is 11.1 Å². The number of nitrogens with zero attached hydrogens (tertiary/aromatic N) is 2. The number of halogens is 1. The largest absolute Gasteiger partial charge is 0.366 e. The van der Waals surface area contributed by atoms with E-state index >= 15 is 0 Å². The van der Waals surface area contributed by atoms with Crippen molar-refractivity contribution in [2.45, 2.75) is 0 Å². The van der Waals surface area contributed by atoms with Gasteiger partial charge in [-0.25, -0.2) is 0 Å². The highest BCUT2D eigenvalue weighted by Gasteiger charge is 2.08. The van der Waals surface area contributed by atoms with Crippen molar-refractivity contribution in [2.24, 2.45) is 5.73 Å². The number of benzene rings is 1. The summed E-state index contributed by atoms with van der Waals surface area (Å²) in [6.07, 6.45) is 3.18. The van der Waals surface area contributed by atoms with E-state index in [9.17, 15) is 4.79 Å². The van der Waals surface area contributed by atoms with Crippen molar-refractivity contribution < 1.29 is 4.79 Å². The number of amides is 1. The zero-order chi connectivity index (χ0) is 11.5. The Morgan fingerprint density at radius 3 is 2.62 bits per heavy atom. The lowest BCUT2D eigenvalue weighted by molar-refractivity contribution is 0.100. The highest BCUT2D eigenvalue weighted by atomic mass is 35.5. The molecule has 4 nitrogen and oxygen atoms in total. The lowest BCUT2D eigenvalue weighted by Crippen LogP contribution is -2.11. The molecule has 5 heteroatoms. The minimum Gasteiger partial charge on any atom is -0.366 e. The second kappa shape index (κ2) is 4.28. The normalized spacial score (nSPS) is 10.1. The molecule has 0 radical (unpaired) electrons. The molecular weight excluding hydrogens is 226 g/mol. The molecule has 1 amide bonds. The summed E-state index contributed by atoms with van der Waals surface area (Å²) < 4.78 is 0. The molecule has 0 aliphatic heterocycles. The molecule has 80 valence electrons. The van der Waals surface area contributed by atoms with Crippen molar-refractivity contribution >= 4 is 17.5 Å². The molecule has 0 bridgehead atoms. The summed E-state index contributed by atoms with van der Waals surface area (Å²) in [5.74, 6) is -0.547. The van der Waals surface area contributed by atoms with Gasteiger partial charge in [-0.3, -0.25) is 4.79 Å². The molecule has 1 heterocycles. The maximum absolute atomic E-state index is 11.1. The summed E-state index contributed by atoms with van der Waals surface area (Å²) in [6, 6.07) is 6.87. The van der Waals surface area contributed by atoms with Crippen LogP contribution in [0.5, 0.6) is 0 Å². The zero-order valence-electron chi connectivity index (χ0n) is 8.22. The van der Waals surface area contributed by atoms with Gasteiger partial charge in [-0.2, -0.15) is 10.2 Å². The Balaban J connectivity index is 2.52. The number of aromatic nitrogens is 2. The minimum absolute atomic E-state index is 0.302. The molecule has 0 aliphatic carbocycles. The molecule has 2 rings (SSSR count). The lowest BCUT2D eigenvalue weighted by atomic mass is 10.1. The van der Waals surface area contributed by atoms with Gasteiger partial charge in [0.25, 0.3) is 0 Å². The van der Waals surface area contributed by atoms with Gasteiger partial charge in [0.2, 0.25) is 5.91 Å². The number of carbonyl (C=O) groups excluding carboxylic acids is 1. The molecule has 0 fully saturated rings. The van der Waals surface area contributed by atoms with Crippen LogP contribution in [0.4, 0.5) is 0 Å². The van der Waals surface area contributed by atoms with Crippen molar-refractivity contribution in [3.8, 4) is 11.1 Å². The first-order valence-electron chi connectivity index (χ1n) is 4.55. The van der Waals surface area contributed by atoms with Gasteiger partial charge in [0.1, 0.15) is 0 Å². The summed E-state index contributed by atoms with van der Waals surface area (Å²) >= 11 is 5.85. The Hall–Kier alpha value is -1.94. The van der Waals surface area contributed by atoms with E-state index in [2.05, 4.69) is 10.2 Å². The van der Waals surface area contributed by atoms with Crippen molar-refractivity contribution in [1.29, 1.82) is 0 Å². The van der Waals surface area contributed by atoms with Gasteiger partial charge in [-0.15, -0.1) is 0 Å². The van der Waals surface area contributed by atoms with E-state index in [1.807, 2.05) is 0 Å². The Morgan fingerprint density at radius 2 is 2.00 bits per heavy atom. The number of primary amides is 1.